The fourth-order valence-corrected chi connectivity index (χ4v) is 1.62. The molecule has 0 aromatic rings. The predicted octanol–water partition coefficient (Wildman–Crippen LogP) is 0.936. The van der Waals surface area contributed by atoms with E-state index in [4.69, 9.17) is 4.74 Å². The van der Waals surface area contributed by atoms with Gasteiger partial charge in [-0.3, -0.25) is 4.79 Å². The summed E-state index contributed by atoms with van der Waals surface area (Å²) in [5, 5.41) is 0. The molecule has 0 unspecified atom stereocenters. The van der Waals surface area contributed by atoms with E-state index in [1.54, 1.807) is 0 Å². The lowest BCUT2D eigenvalue weighted by Crippen LogP contribution is -2.41. The minimum absolute atomic E-state index is 0.137. The second kappa shape index (κ2) is 4.42. The van der Waals surface area contributed by atoms with Crippen molar-refractivity contribution in [3.63, 3.8) is 0 Å². The van der Waals surface area contributed by atoms with Crippen LogP contribution in [0.1, 0.15) is 6.42 Å². The third kappa shape index (κ3) is 2.04. The number of amides is 1. The molecule has 3 heteroatoms. The lowest BCUT2D eigenvalue weighted by molar-refractivity contribution is -0.130. The Hall–Kier alpha value is -1.09. The molecule has 1 radical (unpaired) electrons. The van der Waals surface area contributed by atoms with Crippen molar-refractivity contribution < 1.29 is 9.53 Å². The normalized spacial score (nSPS) is 22.0. The topological polar surface area (TPSA) is 29.5 Å². The maximum atomic E-state index is 11.9. The van der Waals surface area contributed by atoms with Crippen LogP contribution in [0.25, 0.3) is 0 Å². The molecule has 0 N–H and O–H groups in total. The standard InChI is InChI=1S/C11H14NO2/c13-11(10-4-2-1-3-5-10)12-6-8-14-9-7-12/h1-2,4-5H,3,6-9H2. The predicted molar refractivity (Wildman–Crippen MR) is 53.5 cm³/mol. The molecular weight excluding hydrogens is 178 g/mol. The van der Waals surface area contributed by atoms with E-state index in [0.717, 1.165) is 12.0 Å². The molecule has 1 heterocycles. The number of nitrogens with zero attached hydrogens (tertiary/aromatic N) is 1. The van der Waals surface area contributed by atoms with E-state index in [9.17, 15) is 4.79 Å². The first-order valence-electron chi connectivity index (χ1n) is 4.95. The van der Waals surface area contributed by atoms with Gasteiger partial charge >= 0.3 is 0 Å². The minimum Gasteiger partial charge on any atom is -0.378 e. The summed E-state index contributed by atoms with van der Waals surface area (Å²) < 4.78 is 5.20. The molecule has 2 aliphatic rings. The molecule has 75 valence electrons. The van der Waals surface area contributed by atoms with Gasteiger partial charge in [0.25, 0.3) is 0 Å². The van der Waals surface area contributed by atoms with E-state index in [2.05, 4.69) is 0 Å². The zero-order valence-corrected chi connectivity index (χ0v) is 8.11. The van der Waals surface area contributed by atoms with Gasteiger partial charge in [-0.25, -0.2) is 0 Å². The van der Waals surface area contributed by atoms with Gasteiger partial charge in [-0.15, -0.1) is 0 Å². The zero-order valence-electron chi connectivity index (χ0n) is 8.11. The van der Waals surface area contributed by atoms with Crippen molar-refractivity contribution in [1.82, 2.24) is 4.90 Å². The van der Waals surface area contributed by atoms with Crippen LogP contribution in [0.15, 0.2) is 23.8 Å². The summed E-state index contributed by atoms with van der Waals surface area (Å²) in [6, 6.07) is 0. The first kappa shape index (κ1) is 9.46. The Bertz CT molecular complexity index is 275. The summed E-state index contributed by atoms with van der Waals surface area (Å²) in [5.74, 6) is 0.137. The highest BCUT2D eigenvalue weighted by Gasteiger charge is 2.20. The number of hydrogen-bond donors (Lipinski definition) is 0. The zero-order chi connectivity index (χ0) is 9.80. The minimum atomic E-state index is 0.137. The van der Waals surface area contributed by atoms with Gasteiger partial charge in [0.2, 0.25) is 5.91 Å². The molecule has 3 nitrogen and oxygen atoms in total. The van der Waals surface area contributed by atoms with Gasteiger partial charge in [-0.2, -0.15) is 0 Å². The molecule has 1 fully saturated rings. The van der Waals surface area contributed by atoms with Gasteiger partial charge < -0.3 is 9.64 Å². The maximum absolute atomic E-state index is 11.9. The molecule has 0 atom stereocenters. The lowest BCUT2D eigenvalue weighted by Gasteiger charge is -2.28. The summed E-state index contributed by atoms with van der Waals surface area (Å²) in [6.45, 7) is 2.76. The number of morpholine rings is 1. The quantitative estimate of drug-likeness (QED) is 0.618. The largest absolute Gasteiger partial charge is 0.378 e. The average Bonchev–Trinajstić information content (AvgIpc) is 2.30. The van der Waals surface area contributed by atoms with Crippen LogP contribution in [0.3, 0.4) is 0 Å². The number of carbonyl (C=O) groups excluding carboxylic acids is 1. The summed E-state index contributed by atoms with van der Waals surface area (Å²) in [4.78, 5) is 13.7. The van der Waals surface area contributed by atoms with Crippen LogP contribution in [0.2, 0.25) is 0 Å². The Morgan fingerprint density at radius 3 is 2.79 bits per heavy atom. The second-order valence-electron chi connectivity index (χ2n) is 3.39. The van der Waals surface area contributed by atoms with Gasteiger partial charge in [-0.1, -0.05) is 18.2 Å². The van der Waals surface area contributed by atoms with Gasteiger partial charge in [0, 0.05) is 25.1 Å². The number of rotatable bonds is 1. The maximum Gasteiger partial charge on any atom is 0.250 e. The summed E-state index contributed by atoms with van der Waals surface area (Å²) in [6.07, 6.45) is 8.69. The van der Waals surface area contributed by atoms with Crippen LogP contribution in [-0.2, 0) is 9.53 Å². The molecule has 14 heavy (non-hydrogen) atoms. The highest BCUT2D eigenvalue weighted by atomic mass is 16.5. The van der Waals surface area contributed by atoms with Gasteiger partial charge in [0.1, 0.15) is 0 Å². The fraction of sp³-hybridized carbons (Fsp3) is 0.455. The van der Waals surface area contributed by atoms with Crippen LogP contribution in [0.4, 0.5) is 0 Å². The third-order valence-electron chi connectivity index (χ3n) is 2.43. The second-order valence-corrected chi connectivity index (χ2v) is 3.39. The Kier molecular flexibility index (Phi) is 2.99. The Balaban J connectivity index is 1.99. The van der Waals surface area contributed by atoms with E-state index in [-0.39, 0.29) is 5.91 Å². The summed E-state index contributed by atoms with van der Waals surface area (Å²) in [7, 11) is 0. The van der Waals surface area contributed by atoms with Crippen molar-refractivity contribution in [2.75, 3.05) is 26.3 Å². The molecule has 0 spiro atoms. The van der Waals surface area contributed by atoms with E-state index >= 15 is 0 Å². The molecule has 0 aromatic carbocycles. The van der Waals surface area contributed by atoms with Crippen molar-refractivity contribution in [3.8, 4) is 0 Å². The number of ether oxygens (including phenoxy) is 1. The smallest absolute Gasteiger partial charge is 0.250 e. The van der Waals surface area contributed by atoms with Crippen LogP contribution in [0, 0.1) is 6.42 Å². The molecule has 0 saturated carbocycles. The number of hydrogen-bond acceptors (Lipinski definition) is 2. The SMILES string of the molecule is O=C(C1=CC=CC[CH]1)N1CCOCC1. The molecule has 0 bridgehead atoms. The summed E-state index contributed by atoms with van der Waals surface area (Å²) >= 11 is 0. The van der Waals surface area contributed by atoms with Gasteiger partial charge in [0.05, 0.1) is 13.2 Å². The van der Waals surface area contributed by atoms with Crippen LogP contribution in [-0.4, -0.2) is 37.1 Å². The Morgan fingerprint density at radius 1 is 1.36 bits per heavy atom. The molecule has 1 saturated heterocycles. The van der Waals surface area contributed by atoms with Crippen molar-refractivity contribution in [1.29, 1.82) is 0 Å². The summed E-state index contributed by atoms with van der Waals surface area (Å²) in [5.41, 5.74) is 0.814. The van der Waals surface area contributed by atoms with Crippen molar-refractivity contribution in [3.05, 3.63) is 30.2 Å². The van der Waals surface area contributed by atoms with E-state index in [1.807, 2.05) is 29.5 Å². The molecule has 1 aliphatic heterocycles. The Labute approximate surface area is 84.0 Å². The van der Waals surface area contributed by atoms with Crippen molar-refractivity contribution in [2.45, 2.75) is 6.42 Å². The first-order valence-corrected chi connectivity index (χ1v) is 4.95. The van der Waals surface area contributed by atoms with Crippen LogP contribution in [0.5, 0.6) is 0 Å². The highest BCUT2D eigenvalue weighted by Crippen LogP contribution is 2.14. The first-order chi connectivity index (χ1) is 6.88. The van der Waals surface area contributed by atoms with Gasteiger partial charge in [-0.05, 0) is 6.42 Å². The Morgan fingerprint density at radius 2 is 2.14 bits per heavy atom. The monoisotopic (exact) mass is 192 g/mol. The number of allylic oxidation sites excluding steroid dienone is 3. The molecule has 1 aliphatic carbocycles. The van der Waals surface area contributed by atoms with Crippen LogP contribution < -0.4 is 0 Å². The van der Waals surface area contributed by atoms with Crippen molar-refractivity contribution >= 4 is 5.91 Å². The fourth-order valence-electron chi connectivity index (χ4n) is 1.62. The third-order valence-corrected chi connectivity index (χ3v) is 2.43. The van der Waals surface area contributed by atoms with E-state index < -0.39 is 0 Å². The molecule has 0 aromatic heterocycles. The van der Waals surface area contributed by atoms with Crippen LogP contribution >= 0.6 is 0 Å². The van der Waals surface area contributed by atoms with Gasteiger partial charge in [0.15, 0.2) is 0 Å². The molecular formula is C11H14NO2. The lowest BCUT2D eigenvalue weighted by atomic mass is 10.0. The molecule has 2 rings (SSSR count). The highest BCUT2D eigenvalue weighted by molar-refractivity contribution is 5.96. The molecule has 1 amide bonds. The average molecular weight is 192 g/mol. The van der Waals surface area contributed by atoms with Crippen molar-refractivity contribution in [2.24, 2.45) is 0 Å². The van der Waals surface area contributed by atoms with E-state index in [1.165, 1.54) is 0 Å². The van der Waals surface area contributed by atoms with E-state index in [0.29, 0.717) is 26.3 Å². The number of carbonyl (C=O) groups is 1.